The van der Waals surface area contributed by atoms with Gasteiger partial charge in [-0.15, -0.1) is 0 Å². The summed E-state index contributed by atoms with van der Waals surface area (Å²) in [5, 5.41) is 1.04. The van der Waals surface area contributed by atoms with E-state index in [9.17, 15) is 14.4 Å². The van der Waals surface area contributed by atoms with Gasteiger partial charge in [0.1, 0.15) is 0 Å². The van der Waals surface area contributed by atoms with Crippen LogP contribution in [0.2, 0.25) is 0 Å². The van der Waals surface area contributed by atoms with Crippen LogP contribution in [0.5, 0.6) is 0 Å². The van der Waals surface area contributed by atoms with Gasteiger partial charge in [0, 0.05) is 12.6 Å². The predicted molar refractivity (Wildman–Crippen MR) is 112 cm³/mol. The standard InChI is InChI=1S/C20H15N3O3S2/c1-22-14-10-6-5-9-13(14)16(18(22)25)17-19(26)23(20(27)28-17)21-15(24)11-12-7-3-2-4-8-12/h2-10H,11H2,1H3,(H,21,24). The number of hydrazine groups is 1. The number of benzene rings is 2. The first-order valence-electron chi connectivity index (χ1n) is 8.49. The first-order chi connectivity index (χ1) is 13.5. The molecule has 2 aliphatic heterocycles. The van der Waals surface area contributed by atoms with Crippen LogP contribution in [0.4, 0.5) is 5.69 Å². The van der Waals surface area contributed by atoms with Crippen LogP contribution in [0.3, 0.4) is 0 Å². The maximum absolute atomic E-state index is 12.9. The Hall–Kier alpha value is -2.97. The maximum atomic E-state index is 12.9. The molecule has 3 amide bonds. The molecule has 8 heteroatoms. The number of thiocarbonyl (C=S) groups is 1. The van der Waals surface area contributed by atoms with Gasteiger partial charge >= 0.3 is 0 Å². The van der Waals surface area contributed by atoms with E-state index < -0.39 is 5.91 Å². The van der Waals surface area contributed by atoms with E-state index in [1.165, 1.54) is 4.90 Å². The number of hydrogen-bond acceptors (Lipinski definition) is 5. The van der Waals surface area contributed by atoms with Crippen molar-refractivity contribution in [1.82, 2.24) is 10.4 Å². The smallest absolute Gasteiger partial charge is 0.286 e. The number of thioether (sulfide) groups is 1. The third-order valence-corrected chi connectivity index (χ3v) is 5.87. The van der Waals surface area contributed by atoms with Gasteiger partial charge in [-0.2, -0.15) is 5.01 Å². The van der Waals surface area contributed by atoms with Crippen LogP contribution in [0.1, 0.15) is 11.1 Å². The molecule has 0 aromatic heterocycles. The molecule has 1 fully saturated rings. The van der Waals surface area contributed by atoms with E-state index >= 15 is 0 Å². The molecule has 0 spiro atoms. The second kappa shape index (κ2) is 7.21. The lowest BCUT2D eigenvalue weighted by Crippen LogP contribution is -2.45. The minimum atomic E-state index is -0.495. The number of hydrogen-bond donors (Lipinski definition) is 1. The quantitative estimate of drug-likeness (QED) is 0.623. The number of rotatable bonds is 3. The number of nitrogens with zero attached hydrogens (tertiary/aromatic N) is 2. The normalized spacial score (nSPS) is 18.7. The molecular weight excluding hydrogens is 394 g/mol. The van der Waals surface area contributed by atoms with Crippen LogP contribution in [0.15, 0.2) is 59.5 Å². The Bertz CT molecular complexity index is 1050. The minimum Gasteiger partial charge on any atom is -0.311 e. The van der Waals surface area contributed by atoms with Gasteiger partial charge in [-0.25, -0.2) is 0 Å². The summed E-state index contributed by atoms with van der Waals surface area (Å²) in [5.74, 6) is -1.12. The fourth-order valence-corrected chi connectivity index (χ4v) is 4.40. The number of fused-ring (bicyclic) bond motifs is 1. The number of anilines is 1. The zero-order chi connectivity index (χ0) is 19.8. The topological polar surface area (TPSA) is 69.7 Å². The van der Waals surface area contributed by atoms with Crippen molar-refractivity contribution in [3.8, 4) is 0 Å². The summed E-state index contributed by atoms with van der Waals surface area (Å²) >= 11 is 6.30. The molecule has 0 radical (unpaired) electrons. The summed E-state index contributed by atoms with van der Waals surface area (Å²) in [6.07, 6.45) is 0.119. The Kier molecular flexibility index (Phi) is 4.74. The van der Waals surface area contributed by atoms with E-state index in [2.05, 4.69) is 5.43 Å². The summed E-state index contributed by atoms with van der Waals surface area (Å²) < 4.78 is 0.189. The highest BCUT2D eigenvalue weighted by Gasteiger charge is 2.41. The highest BCUT2D eigenvalue weighted by atomic mass is 32.2. The summed E-state index contributed by atoms with van der Waals surface area (Å²) in [5.41, 5.74) is 5.12. The van der Waals surface area contributed by atoms with Crippen LogP contribution < -0.4 is 10.3 Å². The van der Waals surface area contributed by atoms with Gasteiger partial charge in [0.15, 0.2) is 4.32 Å². The molecule has 0 bridgehead atoms. The molecular formula is C20H15N3O3S2. The Morgan fingerprint density at radius 1 is 1.04 bits per heavy atom. The molecule has 0 aliphatic carbocycles. The van der Waals surface area contributed by atoms with Gasteiger partial charge in [0.2, 0.25) is 5.91 Å². The van der Waals surface area contributed by atoms with Gasteiger partial charge in [-0.3, -0.25) is 19.8 Å². The maximum Gasteiger partial charge on any atom is 0.286 e. The Morgan fingerprint density at radius 3 is 2.46 bits per heavy atom. The van der Waals surface area contributed by atoms with Gasteiger partial charge in [-0.1, -0.05) is 60.3 Å². The molecule has 2 aromatic carbocycles. The average molecular weight is 409 g/mol. The zero-order valence-electron chi connectivity index (χ0n) is 14.8. The van der Waals surface area contributed by atoms with Crippen LogP contribution in [-0.4, -0.2) is 34.1 Å². The van der Waals surface area contributed by atoms with Crippen molar-refractivity contribution in [1.29, 1.82) is 0 Å². The summed E-state index contributed by atoms with van der Waals surface area (Å²) in [7, 11) is 1.66. The van der Waals surface area contributed by atoms with Gasteiger partial charge in [0.25, 0.3) is 11.8 Å². The van der Waals surface area contributed by atoms with Crippen molar-refractivity contribution in [2.75, 3.05) is 11.9 Å². The van der Waals surface area contributed by atoms with Crippen molar-refractivity contribution >= 4 is 57.3 Å². The zero-order valence-corrected chi connectivity index (χ0v) is 16.5. The fourth-order valence-electron chi connectivity index (χ4n) is 3.15. The third-order valence-electron chi connectivity index (χ3n) is 4.49. The average Bonchev–Trinajstić information content (AvgIpc) is 3.10. The number of nitrogens with one attached hydrogen (secondary N) is 1. The number of carbonyl (C=O) groups is 3. The number of carbonyl (C=O) groups excluding carboxylic acids is 3. The molecule has 140 valence electrons. The second-order valence-electron chi connectivity index (χ2n) is 6.29. The Labute approximate surface area is 171 Å². The molecule has 6 nitrogen and oxygen atoms in total. The first kappa shape index (κ1) is 18.4. The molecule has 2 heterocycles. The van der Waals surface area contributed by atoms with Gasteiger partial charge in [0.05, 0.1) is 22.6 Å². The first-order valence-corrected chi connectivity index (χ1v) is 9.71. The fraction of sp³-hybridized carbons (Fsp3) is 0.100. The molecule has 4 rings (SSSR count). The molecule has 1 N–H and O–H groups in total. The molecule has 0 atom stereocenters. The molecule has 28 heavy (non-hydrogen) atoms. The highest BCUT2D eigenvalue weighted by molar-refractivity contribution is 8.26. The van der Waals surface area contributed by atoms with Crippen molar-refractivity contribution in [2.45, 2.75) is 6.42 Å². The van der Waals surface area contributed by atoms with Crippen LogP contribution in [0, 0.1) is 0 Å². The van der Waals surface area contributed by atoms with Crippen molar-refractivity contribution in [3.05, 3.63) is 70.6 Å². The molecule has 0 unspecified atom stereocenters. The molecule has 2 aromatic rings. The Morgan fingerprint density at radius 2 is 1.71 bits per heavy atom. The van der Waals surface area contributed by atoms with E-state index in [4.69, 9.17) is 12.2 Å². The number of amides is 3. The lowest BCUT2D eigenvalue weighted by molar-refractivity contribution is -0.132. The molecule has 0 saturated carbocycles. The van der Waals surface area contributed by atoms with Crippen LogP contribution in [-0.2, 0) is 20.8 Å². The van der Waals surface area contributed by atoms with Gasteiger partial charge in [-0.05, 0) is 23.8 Å². The predicted octanol–water partition coefficient (Wildman–Crippen LogP) is 2.51. The summed E-state index contributed by atoms with van der Waals surface area (Å²) in [6.45, 7) is 0. The summed E-state index contributed by atoms with van der Waals surface area (Å²) in [6, 6.07) is 16.5. The second-order valence-corrected chi connectivity index (χ2v) is 7.94. The summed E-state index contributed by atoms with van der Waals surface area (Å²) in [4.78, 5) is 39.7. The lowest BCUT2D eigenvalue weighted by Gasteiger charge is -2.15. The number of para-hydroxylation sites is 1. The van der Waals surface area contributed by atoms with Crippen molar-refractivity contribution in [3.63, 3.8) is 0 Å². The Balaban J connectivity index is 1.60. The van der Waals surface area contributed by atoms with E-state index in [1.54, 1.807) is 13.1 Å². The van der Waals surface area contributed by atoms with Gasteiger partial charge < -0.3 is 4.90 Å². The van der Waals surface area contributed by atoms with E-state index in [1.807, 2.05) is 48.5 Å². The van der Waals surface area contributed by atoms with Crippen molar-refractivity contribution in [2.24, 2.45) is 0 Å². The van der Waals surface area contributed by atoms with E-state index in [0.29, 0.717) is 11.1 Å². The SMILES string of the molecule is CN1C(=O)C(=C2SC(=S)N(NC(=O)Cc3ccccc3)C2=O)c2ccccc21. The van der Waals surface area contributed by atoms with E-state index in [-0.39, 0.29) is 27.5 Å². The highest BCUT2D eigenvalue weighted by Crippen LogP contribution is 2.43. The number of likely N-dealkylation sites (N-methyl/N-ethyl adjacent to an activating group) is 1. The van der Waals surface area contributed by atoms with Crippen LogP contribution in [0.25, 0.3) is 5.57 Å². The largest absolute Gasteiger partial charge is 0.311 e. The van der Waals surface area contributed by atoms with Crippen LogP contribution >= 0.6 is 24.0 Å². The monoisotopic (exact) mass is 409 g/mol. The molecule has 2 aliphatic rings. The third kappa shape index (κ3) is 3.10. The molecule has 1 saturated heterocycles. The lowest BCUT2D eigenvalue weighted by atomic mass is 10.1. The minimum absolute atomic E-state index is 0.119. The van der Waals surface area contributed by atoms with E-state index in [0.717, 1.165) is 28.0 Å². The van der Waals surface area contributed by atoms with Crippen molar-refractivity contribution < 1.29 is 14.4 Å².